The average Bonchev–Trinajstić information content (AvgIpc) is 3.08. The lowest BCUT2D eigenvalue weighted by molar-refractivity contribution is -0.131. The second-order valence-corrected chi connectivity index (χ2v) is 5.53. The highest BCUT2D eigenvalue weighted by Gasteiger charge is 2.32. The van der Waals surface area contributed by atoms with Crippen molar-refractivity contribution in [2.45, 2.75) is 25.4 Å². The van der Waals surface area contributed by atoms with Crippen LogP contribution in [0.4, 0.5) is 0 Å². The van der Waals surface area contributed by atoms with Gasteiger partial charge in [0.25, 0.3) is 0 Å². The van der Waals surface area contributed by atoms with Gasteiger partial charge in [0, 0.05) is 24.6 Å². The lowest BCUT2D eigenvalue weighted by Crippen LogP contribution is -2.39. The van der Waals surface area contributed by atoms with Crippen LogP contribution in [0, 0.1) is 0 Å². The van der Waals surface area contributed by atoms with Gasteiger partial charge in [-0.1, -0.05) is 6.07 Å². The van der Waals surface area contributed by atoms with E-state index < -0.39 is 0 Å². The summed E-state index contributed by atoms with van der Waals surface area (Å²) in [4.78, 5) is 15.4. The minimum atomic E-state index is 0. The molecule has 2 rings (SSSR count). The molecule has 4 nitrogen and oxygen atoms in total. The number of nitrogens with one attached hydrogen (secondary N) is 1. The van der Waals surface area contributed by atoms with Gasteiger partial charge in [0.15, 0.2) is 0 Å². The van der Waals surface area contributed by atoms with Crippen LogP contribution in [0.3, 0.4) is 0 Å². The molecule has 0 saturated heterocycles. The normalized spacial score (nSPS) is 13.9. The van der Waals surface area contributed by atoms with Crippen LogP contribution in [0.1, 0.15) is 17.7 Å². The Balaban J connectivity index is 0.00000180. The van der Waals surface area contributed by atoms with Gasteiger partial charge in [-0.15, -0.1) is 23.7 Å². The number of hydrogen-bond donors (Lipinski definition) is 1. The van der Waals surface area contributed by atoms with Crippen molar-refractivity contribution in [1.82, 2.24) is 10.2 Å². The van der Waals surface area contributed by atoms with E-state index in [4.69, 9.17) is 4.74 Å². The second kappa shape index (κ2) is 8.53. The van der Waals surface area contributed by atoms with Crippen molar-refractivity contribution in [3.05, 3.63) is 22.4 Å². The molecular weight excluding hydrogens is 284 g/mol. The van der Waals surface area contributed by atoms with Crippen LogP contribution in [0.5, 0.6) is 0 Å². The van der Waals surface area contributed by atoms with Crippen molar-refractivity contribution in [2.24, 2.45) is 0 Å². The van der Waals surface area contributed by atoms with Crippen molar-refractivity contribution < 1.29 is 9.53 Å². The number of methoxy groups -OCH3 is 1. The average molecular weight is 305 g/mol. The Labute approximate surface area is 124 Å². The number of halogens is 1. The summed E-state index contributed by atoms with van der Waals surface area (Å²) in [6, 6.07) is 4.58. The molecule has 6 heteroatoms. The lowest BCUT2D eigenvalue weighted by Gasteiger charge is -2.22. The monoisotopic (exact) mass is 304 g/mol. The van der Waals surface area contributed by atoms with Crippen LogP contribution < -0.4 is 5.32 Å². The lowest BCUT2D eigenvalue weighted by atomic mass is 10.3. The predicted molar refractivity (Wildman–Crippen MR) is 79.9 cm³/mol. The van der Waals surface area contributed by atoms with Crippen molar-refractivity contribution in [3.63, 3.8) is 0 Å². The third-order valence-corrected chi connectivity index (χ3v) is 3.83. The molecule has 1 amide bonds. The number of amides is 1. The van der Waals surface area contributed by atoms with E-state index in [9.17, 15) is 4.79 Å². The van der Waals surface area contributed by atoms with Gasteiger partial charge in [-0.25, -0.2) is 0 Å². The van der Waals surface area contributed by atoms with E-state index in [1.165, 1.54) is 4.88 Å². The van der Waals surface area contributed by atoms with Gasteiger partial charge >= 0.3 is 0 Å². The first-order chi connectivity index (χ1) is 8.81. The summed E-state index contributed by atoms with van der Waals surface area (Å²) < 4.78 is 4.94. The predicted octanol–water partition coefficient (Wildman–Crippen LogP) is 1.90. The molecule has 19 heavy (non-hydrogen) atoms. The van der Waals surface area contributed by atoms with Gasteiger partial charge in [0.2, 0.25) is 5.91 Å². The summed E-state index contributed by atoms with van der Waals surface area (Å²) in [5.74, 6) is 0.196. The number of carbonyl (C=O) groups is 1. The van der Waals surface area contributed by atoms with Gasteiger partial charge in [0.05, 0.1) is 19.7 Å². The zero-order chi connectivity index (χ0) is 12.8. The number of hydrogen-bond acceptors (Lipinski definition) is 4. The highest BCUT2D eigenvalue weighted by atomic mass is 35.5. The van der Waals surface area contributed by atoms with Gasteiger partial charge in [-0.2, -0.15) is 0 Å². The van der Waals surface area contributed by atoms with Crippen LogP contribution in [0.15, 0.2) is 17.5 Å². The van der Waals surface area contributed by atoms with Gasteiger partial charge in [0.1, 0.15) is 0 Å². The molecule has 1 fully saturated rings. The highest BCUT2D eigenvalue weighted by molar-refractivity contribution is 7.09. The summed E-state index contributed by atoms with van der Waals surface area (Å²) in [6.45, 7) is 2.53. The first-order valence-corrected chi connectivity index (χ1v) is 7.20. The summed E-state index contributed by atoms with van der Waals surface area (Å²) in [5.41, 5.74) is 0. The number of ether oxygens (including phenoxy) is 1. The molecular formula is C13H21ClN2O2S. The van der Waals surface area contributed by atoms with Crippen LogP contribution in [-0.4, -0.2) is 43.7 Å². The Kier molecular flexibility index (Phi) is 7.38. The summed E-state index contributed by atoms with van der Waals surface area (Å²) in [6.07, 6.45) is 2.30. The van der Waals surface area contributed by atoms with Crippen LogP contribution in [0.25, 0.3) is 0 Å². The fourth-order valence-corrected chi connectivity index (χ4v) is 2.55. The minimum absolute atomic E-state index is 0. The van der Waals surface area contributed by atoms with E-state index >= 15 is 0 Å². The van der Waals surface area contributed by atoms with Crippen molar-refractivity contribution in [1.29, 1.82) is 0 Å². The molecule has 1 aromatic rings. The van der Waals surface area contributed by atoms with E-state index in [1.54, 1.807) is 18.4 Å². The Morgan fingerprint density at radius 3 is 2.95 bits per heavy atom. The Bertz CT molecular complexity index is 369. The van der Waals surface area contributed by atoms with E-state index in [-0.39, 0.29) is 18.3 Å². The highest BCUT2D eigenvalue weighted by Crippen LogP contribution is 2.29. The topological polar surface area (TPSA) is 41.6 Å². The molecule has 0 spiro atoms. The molecule has 108 valence electrons. The minimum Gasteiger partial charge on any atom is -0.383 e. The molecule has 0 atom stereocenters. The zero-order valence-electron chi connectivity index (χ0n) is 11.1. The molecule has 0 aromatic carbocycles. The van der Waals surface area contributed by atoms with Crippen molar-refractivity contribution >= 4 is 29.7 Å². The fraction of sp³-hybridized carbons (Fsp3) is 0.615. The number of nitrogens with zero attached hydrogens (tertiary/aromatic N) is 1. The van der Waals surface area contributed by atoms with Crippen molar-refractivity contribution in [3.8, 4) is 0 Å². The number of thiophene rings is 1. The summed E-state index contributed by atoms with van der Waals surface area (Å²) in [7, 11) is 1.66. The Hall–Kier alpha value is -0.620. The SMILES string of the molecule is COCCNCC(=O)N(Cc1cccs1)C1CC1.Cl. The molecule has 1 aliphatic rings. The zero-order valence-corrected chi connectivity index (χ0v) is 12.8. The first-order valence-electron chi connectivity index (χ1n) is 6.32. The van der Waals surface area contributed by atoms with Crippen LogP contribution >= 0.6 is 23.7 Å². The second-order valence-electron chi connectivity index (χ2n) is 4.50. The molecule has 1 heterocycles. The molecule has 0 bridgehead atoms. The van der Waals surface area contributed by atoms with E-state index in [0.29, 0.717) is 19.2 Å². The van der Waals surface area contributed by atoms with E-state index in [1.807, 2.05) is 11.0 Å². The van der Waals surface area contributed by atoms with Crippen LogP contribution in [-0.2, 0) is 16.1 Å². The number of carbonyl (C=O) groups excluding carboxylic acids is 1. The summed E-state index contributed by atoms with van der Waals surface area (Å²) in [5, 5.41) is 5.17. The molecule has 0 unspecified atom stereocenters. The molecule has 1 aliphatic carbocycles. The third kappa shape index (κ3) is 5.48. The third-order valence-electron chi connectivity index (χ3n) is 2.97. The van der Waals surface area contributed by atoms with E-state index in [2.05, 4.69) is 16.8 Å². The Morgan fingerprint density at radius 2 is 2.37 bits per heavy atom. The molecule has 1 aromatic heterocycles. The standard InChI is InChI=1S/C13H20N2O2S.ClH/c1-17-7-6-14-9-13(16)15(11-4-5-11)10-12-3-2-8-18-12;/h2-3,8,11,14H,4-7,9-10H2,1H3;1H. The largest absolute Gasteiger partial charge is 0.383 e. The van der Waals surface area contributed by atoms with Gasteiger partial charge in [-0.3, -0.25) is 4.79 Å². The van der Waals surface area contributed by atoms with Crippen molar-refractivity contribution in [2.75, 3.05) is 26.8 Å². The molecule has 1 saturated carbocycles. The molecule has 1 N–H and O–H groups in total. The quantitative estimate of drug-likeness (QED) is 0.746. The number of rotatable bonds is 8. The maximum absolute atomic E-state index is 12.1. The smallest absolute Gasteiger partial charge is 0.237 e. The molecule has 0 radical (unpaired) electrons. The first kappa shape index (κ1) is 16.4. The maximum Gasteiger partial charge on any atom is 0.237 e. The molecule has 0 aliphatic heterocycles. The fourth-order valence-electron chi connectivity index (χ4n) is 1.85. The van der Waals surface area contributed by atoms with Crippen LogP contribution in [0.2, 0.25) is 0 Å². The Morgan fingerprint density at radius 1 is 1.58 bits per heavy atom. The summed E-state index contributed by atoms with van der Waals surface area (Å²) >= 11 is 1.71. The van der Waals surface area contributed by atoms with E-state index in [0.717, 1.165) is 25.9 Å². The maximum atomic E-state index is 12.1. The van der Waals surface area contributed by atoms with Gasteiger partial charge in [-0.05, 0) is 24.3 Å². The van der Waals surface area contributed by atoms with Gasteiger partial charge < -0.3 is 15.0 Å².